The molecule has 1 aromatic heterocycles. The zero-order valence-corrected chi connectivity index (χ0v) is 10.8. The van der Waals surface area contributed by atoms with Crippen molar-refractivity contribution in [2.45, 2.75) is 39.8 Å². The number of ether oxygens (including phenoxy) is 1. The zero-order chi connectivity index (χ0) is 13.9. The van der Waals surface area contributed by atoms with Gasteiger partial charge in [0.2, 0.25) is 0 Å². The van der Waals surface area contributed by atoms with Gasteiger partial charge in [0.05, 0.1) is 12.2 Å². The number of amides is 1. The number of aromatic hydroxyl groups is 1. The molecule has 0 fully saturated rings. The van der Waals surface area contributed by atoms with Crippen LogP contribution in [0.3, 0.4) is 0 Å². The van der Waals surface area contributed by atoms with Gasteiger partial charge in [-0.1, -0.05) is 0 Å². The fraction of sp³-hybridized carbons (Fsp3) is 0.500. The van der Waals surface area contributed by atoms with Crippen molar-refractivity contribution in [2.24, 2.45) is 0 Å². The largest absolute Gasteiger partial charge is 0.507 e. The summed E-state index contributed by atoms with van der Waals surface area (Å²) in [5.41, 5.74) is -1.34. The van der Waals surface area contributed by atoms with Gasteiger partial charge in [-0.05, 0) is 27.7 Å². The summed E-state index contributed by atoms with van der Waals surface area (Å²) in [4.78, 5) is 23.3. The van der Waals surface area contributed by atoms with Gasteiger partial charge in [0.25, 0.3) is 11.9 Å². The van der Waals surface area contributed by atoms with Crippen LogP contribution in [0.1, 0.15) is 38.1 Å². The summed E-state index contributed by atoms with van der Waals surface area (Å²) in [6, 6.07) is 0.958. The number of hydrogen-bond donors (Lipinski definition) is 2. The first-order valence-electron chi connectivity index (χ1n) is 5.66. The lowest BCUT2D eigenvalue weighted by molar-refractivity contribution is 0.0933. The second kappa shape index (κ2) is 5.57. The van der Waals surface area contributed by atoms with E-state index >= 15 is 0 Å². The Morgan fingerprint density at radius 1 is 1.39 bits per heavy atom. The Kier molecular flexibility index (Phi) is 4.36. The van der Waals surface area contributed by atoms with Gasteiger partial charge in [-0.15, -0.1) is 0 Å². The highest BCUT2D eigenvalue weighted by Crippen LogP contribution is 2.20. The molecule has 0 aliphatic heterocycles. The molecular weight excluding hydrogens is 238 g/mol. The van der Waals surface area contributed by atoms with E-state index in [2.05, 4.69) is 5.32 Å². The lowest BCUT2D eigenvalue weighted by Crippen LogP contribution is -2.33. The maximum atomic E-state index is 11.7. The van der Waals surface area contributed by atoms with Crippen molar-refractivity contribution >= 4 is 5.91 Å². The molecule has 0 aliphatic carbocycles. The standard InChI is InChI=1S/C12H17NO5/c1-6(2)13-11(15)10-8(14)5-9(17-7(3)4)18-12(10)16/h5-7,14H,1-4H3,(H,13,15). The maximum absolute atomic E-state index is 11.7. The van der Waals surface area contributed by atoms with E-state index in [1.54, 1.807) is 27.7 Å². The molecule has 1 amide bonds. The Bertz CT molecular complexity index is 490. The molecule has 18 heavy (non-hydrogen) atoms. The molecule has 1 aromatic rings. The maximum Gasteiger partial charge on any atom is 0.355 e. The summed E-state index contributed by atoms with van der Waals surface area (Å²) >= 11 is 0. The third-order valence-electron chi connectivity index (χ3n) is 1.91. The van der Waals surface area contributed by atoms with Crippen LogP contribution in [0.25, 0.3) is 0 Å². The first kappa shape index (κ1) is 14.1. The van der Waals surface area contributed by atoms with Crippen molar-refractivity contribution in [3.8, 4) is 11.7 Å². The van der Waals surface area contributed by atoms with Crippen molar-refractivity contribution in [1.82, 2.24) is 5.32 Å². The Labute approximate surface area is 105 Å². The lowest BCUT2D eigenvalue weighted by atomic mass is 10.2. The molecule has 100 valence electrons. The lowest BCUT2D eigenvalue weighted by Gasteiger charge is -2.11. The molecule has 0 bridgehead atoms. The Morgan fingerprint density at radius 3 is 2.44 bits per heavy atom. The van der Waals surface area contributed by atoms with E-state index in [1.807, 2.05) is 0 Å². The van der Waals surface area contributed by atoms with Crippen LogP contribution in [0.4, 0.5) is 0 Å². The van der Waals surface area contributed by atoms with Crippen molar-refractivity contribution in [3.63, 3.8) is 0 Å². The summed E-state index contributed by atoms with van der Waals surface area (Å²) in [6.07, 6.45) is -0.206. The second-order valence-electron chi connectivity index (χ2n) is 4.41. The number of carbonyl (C=O) groups is 1. The molecule has 1 heterocycles. The highest BCUT2D eigenvalue weighted by atomic mass is 16.6. The third-order valence-corrected chi connectivity index (χ3v) is 1.91. The molecule has 6 nitrogen and oxygen atoms in total. The summed E-state index contributed by atoms with van der Waals surface area (Å²) in [5.74, 6) is -1.25. The Morgan fingerprint density at radius 2 is 2.00 bits per heavy atom. The van der Waals surface area contributed by atoms with Crippen LogP contribution < -0.4 is 15.7 Å². The summed E-state index contributed by atoms with van der Waals surface area (Å²) < 4.78 is 9.94. The van der Waals surface area contributed by atoms with Gasteiger partial charge < -0.3 is 19.6 Å². The van der Waals surface area contributed by atoms with Gasteiger partial charge in [-0.2, -0.15) is 0 Å². The first-order valence-corrected chi connectivity index (χ1v) is 5.66. The van der Waals surface area contributed by atoms with Crippen LogP contribution in [0, 0.1) is 0 Å². The highest BCUT2D eigenvalue weighted by molar-refractivity contribution is 5.96. The van der Waals surface area contributed by atoms with E-state index in [0.717, 1.165) is 6.07 Å². The van der Waals surface area contributed by atoms with Crippen LogP contribution in [0.2, 0.25) is 0 Å². The number of nitrogens with one attached hydrogen (secondary N) is 1. The van der Waals surface area contributed by atoms with Crippen molar-refractivity contribution < 1.29 is 19.1 Å². The van der Waals surface area contributed by atoms with Gasteiger partial charge >= 0.3 is 5.63 Å². The SMILES string of the molecule is CC(C)NC(=O)c1c(O)cc(OC(C)C)oc1=O. The minimum absolute atomic E-state index is 0.117. The fourth-order valence-corrected chi connectivity index (χ4v) is 1.29. The average molecular weight is 255 g/mol. The highest BCUT2D eigenvalue weighted by Gasteiger charge is 2.20. The third kappa shape index (κ3) is 3.51. The second-order valence-corrected chi connectivity index (χ2v) is 4.41. The molecule has 2 N–H and O–H groups in total. The predicted octanol–water partition coefficient (Wildman–Crippen LogP) is 1.27. The molecule has 0 radical (unpaired) electrons. The van der Waals surface area contributed by atoms with E-state index in [0.29, 0.717) is 0 Å². The number of hydrogen-bond acceptors (Lipinski definition) is 5. The van der Waals surface area contributed by atoms with E-state index in [9.17, 15) is 14.7 Å². The quantitative estimate of drug-likeness (QED) is 0.845. The van der Waals surface area contributed by atoms with Crippen LogP contribution in [0.5, 0.6) is 11.7 Å². The van der Waals surface area contributed by atoms with Crippen LogP contribution >= 0.6 is 0 Å². The molecule has 6 heteroatoms. The fourth-order valence-electron chi connectivity index (χ4n) is 1.29. The number of rotatable bonds is 4. The monoisotopic (exact) mass is 255 g/mol. The van der Waals surface area contributed by atoms with Crippen LogP contribution in [-0.2, 0) is 0 Å². The van der Waals surface area contributed by atoms with E-state index in [4.69, 9.17) is 9.15 Å². The predicted molar refractivity (Wildman–Crippen MR) is 65.0 cm³/mol. The minimum Gasteiger partial charge on any atom is -0.507 e. The van der Waals surface area contributed by atoms with Crippen molar-refractivity contribution in [1.29, 1.82) is 0 Å². The molecule has 0 spiro atoms. The van der Waals surface area contributed by atoms with E-state index < -0.39 is 22.8 Å². The van der Waals surface area contributed by atoms with Crippen molar-refractivity contribution in [2.75, 3.05) is 0 Å². The normalized spacial score (nSPS) is 10.8. The molecule has 0 atom stereocenters. The summed E-state index contributed by atoms with van der Waals surface area (Å²) in [6.45, 7) is 6.98. The molecule has 1 rings (SSSR count). The molecule has 0 saturated carbocycles. The minimum atomic E-state index is -0.927. The summed E-state index contributed by atoms with van der Waals surface area (Å²) in [5, 5.41) is 12.2. The van der Waals surface area contributed by atoms with Crippen molar-refractivity contribution in [3.05, 3.63) is 22.0 Å². The Balaban J connectivity index is 3.09. The molecule has 0 unspecified atom stereocenters. The Hall–Kier alpha value is -1.98. The van der Waals surface area contributed by atoms with Gasteiger partial charge in [0.15, 0.2) is 5.56 Å². The summed E-state index contributed by atoms with van der Waals surface area (Å²) in [7, 11) is 0. The van der Waals surface area contributed by atoms with Crippen LogP contribution in [-0.4, -0.2) is 23.2 Å². The smallest absolute Gasteiger partial charge is 0.355 e. The molecule has 0 aromatic carbocycles. The molecule has 0 saturated heterocycles. The average Bonchev–Trinajstić information content (AvgIpc) is 2.12. The number of carbonyl (C=O) groups excluding carboxylic acids is 1. The first-order chi connectivity index (χ1) is 8.31. The van der Waals surface area contributed by atoms with E-state index in [1.165, 1.54) is 0 Å². The van der Waals surface area contributed by atoms with Crippen LogP contribution in [0.15, 0.2) is 15.3 Å². The van der Waals surface area contributed by atoms with Gasteiger partial charge in [0.1, 0.15) is 5.75 Å². The zero-order valence-electron chi connectivity index (χ0n) is 10.8. The van der Waals surface area contributed by atoms with E-state index in [-0.39, 0.29) is 18.1 Å². The topological polar surface area (TPSA) is 88.8 Å². The van der Waals surface area contributed by atoms with Gasteiger partial charge in [-0.3, -0.25) is 4.79 Å². The van der Waals surface area contributed by atoms with Gasteiger partial charge in [0, 0.05) is 6.04 Å². The molecule has 0 aliphatic rings. The van der Waals surface area contributed by atoms with Gasteiger partial charge in [-0.25, -0.2) is 4.79 Å². The molecular formula is C12H17NO5.